The summed E-state index contributed by atoms with van der Waals surface area (Å²) in [6.07, 6.45) is 10.7. The number of rotatable bonds is 13. The molecule has 0 aliphatic rings. The lowest BCUT2D eigenvalue weighted by atomic mass is 10.1. The maximum atomic E-state index is 11.0. The highest BCUT2D eigenvalue weighted by Crippen LogP contribution is 2.22. The molecule has 0 aliphatic carbocycles. The Labute approximate surface area is 155 Å². The zero-order chi connectivity index (χ0) is 18.6. The molecule has 4 nitrogen and oxygen atoms in total. The van der Waals surface area contributed by atoms with Crippen LogP contribution in [0.4, 0.5) is 0 Å². The van der Waals surface area contributed by atoms with Crippen molar-refractivity contribution in [3.63, 3.8) is 0 Å². The number of benzene rings is 2. The Hall–Kier alpha value is -2.07. The quantitative estimate of drug-likeness (QED) is 0.469. The van der Waals surface area contributed by atoms with Gasteiger partial charge in [-0.2, -0.15) is 0 Å². The number of carboxylic acids is 1. The summed E-state index contributed by atoms with van der Waals surface area (Å²) in [6.45, 7) is 1.04. The molecule has 0 radical (unpaired) electrons. The number of unbranched alkanes of at least 4 members (excludes halogenated alkanes) is 8. The van der Waals surface area contributed by atoms with E-state index >= 15 is 0 Å². The van der Waals surface area contributed by atoms with E-state index in [2.05, 4.69) is 0 Å². The zero-order valence-electron chi connectivity index (χ0n) is 15.5. The van der Waals surface area contributed by atoms with Gasteiger partial charge in [0.1, 0.15) is 5.75 Å². The number of aliphatic hydroxyl groups excluding tert-OH is 1. The number of hydrogen-bond donors (Lipinski definition) is 2. The van der Waals surface area contributed by atoms with Crippen LogP contribution in [0.2, 0.25) is 0 Å². The number of aliphatic hydroxyl groups is 1. The van der Waals surface area contributed by atoms with Crippen LogP contribution in [0.1, 0.15) is 68.1 Å². The Morgan fingerprint density at radius 2 is 1.35 bits per heavy atom. The molecular formula is C22H30O4. The molecule has 2 rings (SSSR count). The second-order valence-corrected chi connectivity index (χ2v) is 6.78. The second kappa shape index (κ2) is 11.5. The minimum atomic E-state index is -0.905. The van der Waals surface area contributed by atoms with Gasteiger partial charge >= 0.3 is 5.97 Å². The van der Waals surface area contributed by atoms with Gasteiger partial charge in [0.25, 0.3) is 0 Å². The molecule has 0 unspecified atom stereocenters. The molecule has 0 aromatic heterocycles. The average molecular weight is 358 g/mol. The highest BCUT2D eigenvalue weighted by molar-refractivity contribution is 5.94. The van der Waals surface area contributed by atoms with E-state index in [1.807, 2.05) is 24.3 Å². The van der Waals surface area contributed by atoms with E-state index in [0.29, 0.717) is 12.2 Å². The molecule has 26 heavy (non-hydrogen) atoms. The minimum absolute atomic E-state index is 0.305. The maximum absolute atomic E-state index is 11.0. The van der Waals surface area contributed by atoms with Gasteiger partial charge in [0.2, 0.25) is 0 Å². The fourth-order valence-corrected chi connectivity index (χ4v) is 3.09. The molecule has 142 valence electrons. The van der Waals surface area contributed by atoms with Gasteiger partial charge in [-0.3, -0.25) is 0 Å². The number of carbonyl (C=O) groups is 1. The Bertz CT molecular complexity index is 681. The minimum Gasteiger partial charge on any atom is -0.494 e. The van der Waals surface area contributed by atoms with Crippen LogP contribution in [0.15, 0.2) is 36.4 Å². The molecule has 0 bridgehead atoms. The Kier molecular flexibility index (Phi) is 8.98. The predicted octanol–water partition coefficient (Wildman–Crippen LogP) is 5.42. The molecule has 2 aromatic rings. The van der Waals surface area contributed by atoms with Gasteiger partial charge < -0.3 is 14.9 Å². The van der Waals surface area contributed by atoms with Crippen LogP contribution in [-0.4, -0.2) is 29.4 Å². The van der Waals surface area contributed by atoms with Crippen molar-refractivity contribution >= 4 is 16.7 Å². The van der Waals surface area contributed by atoms with Crippen LogP contribution in [0.5, 0.6) is 5.75 Å². The number of hydrogen-bond acceptors (Lipinski definition) is 3. The molecule has 0 amide bonds. The first-order valence-corrected chi connectivity index (χ1v) is 9.71. The number of aromatic carboxylic acids is 1. The van der Waals surface area contributed by atoms with Crippen LogP contribution in [0, 0.1) is 0 Å². The predicted molar refractivity (Wildman–Crippen MR) is 105 cm³/mol. The van der Waals surface area contributed by atoms with Gasteiger partial charge in [-0.1, -0.05) is 57.1 Å². The van der Waals surface area contributed by atoms with Crippen molar-refractivity contribution in [3.8, 4) is 5.75 Å². The lowest BCUT2D eigenvalue weighted by molar-refractivity contribution is 0.0697. The molecular weight excluding hydrogens is 328 g/mol. The zero-order valence-corrected chi connectivity index (χ0v) is 15.5. The summed E-state index contributed by atoms with van der Waals surface area (Å²) in [5.41, 5.74) is 0.305. The van der Waals surface area contributed by atoms with Gasteiger partial charge in [-0.15, -0.1) is 0 Å². The van der Waals surface area contributed by atoms with Crippen molar-refractivity contribution in [1.82, 2.24) is 0 Å². The van der Waals surface area contributed by atoms with E-state index in [-0.39, 0.29) is 0 Å². The molecule has 0 atom stereocenters. The Morgan fingerprint density at radius 3 is 2.00 bits per heavy atom. The summed E-state index contributed by atoms with van der Waals surface area (Å²) in [7, 11) is 0. The molecule has 0 aliphatic heterocycles. The molecule has 0 saturated heterocycles. The summed E-state index contributed by atoms with van der Waals surface area (Å²) in [5, 5.41) is 19.7. The SMILES string of the molecule is O=C(O)c1ccc2cc(OCCCCCCCCCCCO)ccc2c1. The van der Waals surface area contributed by atoms with Crippen LogP contribution < -0.4 is 4.74 Å². The lowest BCUT2D eigenvalue weighted by Gasteiger charge is -2.08. The van der Waals surface area contributed by atoms with Crippen molar-refractivity contribution in [1.29, 1.82) is 0 Å². The van der Waals surface area contributed by atoms with Crippen LogP contribution in [-0.2, 0) is 0 Å². The van der Waals surface area contributed by atoms with Crippen LogP contribution in [0.3, 0.4) is 0 Å². The molecule has 0 heterocycles. The van der Waals surface area contributed by atoms with Gasteiger partial charge in [0.05, 0.1) is 12.2 Å². The van der Waals surface area contributed by atoms with E-state index in [4.69, 9.17) is 14.9 Å². The highest BCUT2D eigenvalue weighted by Gasteiger charge is 2.04. The van der Waals surface area contributed by atoms with Crippen molar-refractivity contribution in [2.45, 2.75) is 57.8 Å². The number of carboxylic acid groups (broad SMARTS) is 1. The summed E-state index contributed by atoms with van der Waals surface area (Å²) >= 11 is 0. The molecule has 2 N–H and O–H groups in total. The van der Waals surface area contributed by atoms with Gasteiger partial charge in [-0.25, -0.2) is 4.79 Å². The number of ether oxygens (including phenoxy) is 1. The smallest absolute Gasteiger partial charge is 0.335 e. The molecule has 0 saturated carbocycles. The number of fused-ring (bicyclic) bond motifs is 1. The van der Waals surface area contributed by atoms with E-state index in [9.17, 15) is 4.79 Å². The first-order chi connectivity index (χ1) is 12.7. The van der Waals surface area contributed by atoms with Gasteiger partial charge in [0.15, 0.2) is 0 Å². The van der Waals surface area contributed by atoms with E-state index < -0.39 is 5.97 Å². The first kappa shape index (κ1) is 20.2. The summed E-state index contributed by atoms with van der Waals surface area (Å²) in [4.78, 5) is 11.0. The fraction of sp³-hybridized carbons (Fsp3) is 0.500. The van der Waals surface area contributed by atoms with E-state index in [1.165, 1.54) is 38.5 Å². The monoisotopic (exact) mass is 358 g/mol. The highest BCUT2D eigenvalue weighted by atomic mass is 16.5. The van der Waals surface area contributed by atoms with E-state index in [1.54, 1.807) is 12.1 Å². The van der Waals surface area contributed by atoms with Crippen LogP contribution in [0.25, 0.3) is 10.8 Å². The van der Waals surface area contributed by atoms with E-state index in [0.717, 1.165) is 42.4 Å². The second-order valence-electron chi connectivity index (χ2n) is 6.78. The Morgan fingerprint density at radius 1 is 0.769 bits per heavy atom. The maximum Gasteiger partial charge on any atom is 0.335 e. The normalized spacial score (nSPS) is 11.0. The van der Waals surface area contributed by atoms with Crippen molar-refractivity contribution in [2.75, 3.05) is 13.2 Å². The average Bonchev–Trinajstić information content (AvgIpc) is 2.65. The third kappa shape index (κ3) is 7.04. The topological polar surface area (TPSA) is 66.8 Å². The molecule has 2 aromatic carbocycles. The standard InChI is InChI=1S/C22H30O4/c23-14-8-6-4-2-1-3-5-7-9-15-26-21-13-12-18-16-20(22(24)25)11-10-19(18)17-21/h10-13,16-17,23H,1-9,14-15H2,(H,24,25). The molecule has 4 heteroatoms. The van der Waals surface area contributed by atoms with Gasteiger partial charge in [0, 0.05) is 6.61 Å². The third-order valence-electron chi connectivity index (χ3n) is 4.63. The van der Waals surface area contributed by atoms with Crippen molar-refractivity contribution in [2.24, 2.45) is 0 Å². The van der Waals surface area contributed by atoms with Crippen LogP contribution >= 0.6 is 0 Å². The molecule has 0 spiro atoms. The summed E-state index contributed by atoms with van der Waals surface area (Å²) in [5.74, 6) is -0.0677. The Balaban J connectivity index is 1.61. The first-order valence-electron chi connectivity index (χ1n) is 9.71. The lowest BCUT2D eigenvalue weighted by Crippen LogP contribution is -1.98. The van der Waals surface area contributed by atoms with Gasteiger partial charge in [-0.05, 0) is 47.9 Å². The third-order valence-corrected chi connectivity index (χ3v) is 4.63. The fourth-order valence-electron chi connectivity index (χ4n) is 3.09. The largest absolute Gasteiger partial charge is 0.494 e. The summed E-state index contributed by atoms with van der Waals surface area (Å²) in [6, 6.07) is 10.9. The molecule has 0 fully saturated rings. The van der Waals surface area contributed by atoms with Crippen molar-refractivity contribution in [3.05, 3.63) is 42.0 Å². The summed E-state index contributed by atoms with van der Waals surface area (Å²) < 4.78 is 5.82. The van der Waals surface area contributed by atoms with Crippen molar-refractivity contribution < 1.29 is 19.7 Å².